The molecule has 0 saturated carbocycles. The highest BCUT2D eigenvalue weighted by Gasteiger charge is 2.19. The fourth-order valence-corrected chi connectivity index (χ4v) is 3.76. The molecule has 3 aromatic heterocycles. The van der Waals surface area contributed by atoms with Gasteiger partial charge >= 0.3 is 0 Å². The van der Waals surface area contributed by atoms with E-state index in [4.69, 9.17) is 0 Å². The first kappa shape index (κ1) is 17.3. The average Bonchev–Trinajstić information content (AvgIpc) is 3.20. The van der Waals surface area contributed by atoms with E-state index in [0.717, 1.165) is 22.0 Å². The first-order chi connectivity index (χ1) is 14.2. The molecule has 0 saturated heterocycles. The van der Waals surface area contributed by atoms with Crippen LogP contribution < -0.4 is 5.56 Å². The minimum Gasteiger partial charge on any atom is -0.309 e. The van der Waals surface area contributed by atoms with Crippen molar-refractivity contribution >= 4 is 21.9 Å². The number of para-hydroxylation sites is 1. The molecule has 6 nitrogen and oxygen atoms in total. The molecule has 2 aromatic carbocycles. The minimum atomic E-state index is -0.182. The maximum absolute atomic E-state index is 13.3. The molecule has 5 rings (SSSR count). The zero-order valence-electron chi connectivity index (χ0n) is 15.9. The first-order valence-corrected chi connectivity index (χ1v) is 9.54. The van der Waals surface area contributed by atoms with Gasteiger partial charge in [0, 0.05) is 23.3 Å². The Morgan fingerprint density at radius 1 is 0.966 bits per heavy atom. The smallest absolute Gasteiger partial charge is 0.278 e. The molecule has 0 aliphatic heterocycles. The van der Waals surface area contributed by atoms with Gasteiger partial charge in [-0.25, -0.2) is 4.68 Å². The molecule has 0 N–H and O–H groups in total. The van der Waals surface area contributed by atoms with Crippen LogP contribution in [0.2, 0.25) is 0 Å². The third-order valence-electron chi connectivity index (χ3n) is 5.27. The molecule has 6 heteroatoms. The van der Waals surface area contributed by atoms with Gasteiger partial charge in [-0.15, -0.1) is 5.10 Å². The standard InChI is InChI=1S/C23H19N5O/c1-16(19-11-5-9-18-10-6-13-24-21(18)19)28-22-20(25-26-28)12-14-27(23(22)29)15-17-7-3-2-4-8-17/h2-14,16H,15H2,1H3. The van der Waals surface area contributed by atoms with Crippen LogP contribution in [-0.4, -0.2) is 24.5 Å². The van der Waals surface area contributed by atoms with Crippen molar-refractivity contribution in [3.63, 3.8) is 0 Å². The van der Waals surface area contributed by atoms with E-state index in [1.54, 1.807) is 21.6 Å². The van der Waals surface area contributed by atoms with Gasteiger partial charge < -0.3 is 4.57 Å². The molecule has 0 bridgehead atoms. The fourth-order valence-electron chi connectivity index (χ4n) is 3.76. The normalized spacial score (nSPS) is 12.4. The fraction of sp³-hybridized carbons (Fsp3) is 0.130. The molecular formula is C23H19N5O. The number of hydrogen-bond acceptors (Lipinski definition) is 4. The Hall–Kier alpha value is -3.80. The summed E-state index contributed by atoms with van der Waals surface area (Å²) in [6.45, 7) is 2.52. The van der Waals surface area contributed by atoms with Crippen LogP contribution in [0.1, 0.15) is 24.1 Å². The van der Waals surface area contributed by atoms with Gasteiger partial charge in [0.25, 0.3) is 5.56 Å². The van der Waals surface area contributed by atoms with Crippen molar-refractivity contribution in [1.29, 1.82) is 0 Å². The number of pyridine rings is 2. The van der Waals surface area contributed by atoms with Gasteiger partial charge in [-0.1, -0.05) is 59.8 Å². The zero-order valence-corrected chi connectivity index (χ0v) is 15.9. The molecule has 1 atom stereocenters. The van der Waals surface area contributed by atoms with Crippen LogP contribution in [0.5, 0.6) is 0 Å². The summed E-state index contributed by atoms with van der Waals surface area (Å²) in [7, 11) is 0. The van der Waals surface area contributed by atoms with Crippen molar-refractivity contribution in [2.24, 2.45) is 0 Å². The molecule has 0 amide bonds. The second kappa shape index (κ2) is 6.98. The van der Waals surface area contributed by atoms with Crippen molar-refractivity contribution in [2.45, 2.75) is 19.5 Å². The summed E-state index contributed by atoms with van der Waals surface area (Å²) in [6, 6.07) is 21.6. The quantitative estimate of drug-likeness (QED) is 0.475. The van der Waals surface area contributed by atoms with Crippen molar-refractivity contribution < 1.29 is 0 Å². The van der Waals surface area contributed by atoms with E-state index in [1.807, 2.05) is 73.7 Å². The van der Waals surface area contributed by atoms with Crippen LogP contribution >= 0.6 is 0 Å². The van der Waals surface area contributed by atoms with Crippen molar-refractivity contribution in [1.82, 2.24) is 24.5 Å². The summed E-state index contributed by atoms with van der Waals surface area (Å²) in [6.07, 6.45) is 3.56. The highest BCUT2D eigenvalue weighted by Crippen LogP contribution is 2.26. The third-order valence-corrected chi connectivity index (χ3v) is 5.27. The predicted molar refractivity (Wildman–Crippen MR) is 113 cm³/mol. The Morgan fingerprint density at radius 2 is 1.79 bits per heavy atom. The molecule has 1 unspecified atom stereocenters. The zero-order chi connectivity index (χ0) is 19.8. The van der Waals surface area contributed by atoms with E-state index in [-0.39, 0.29) is 11.6 Å². The van der Waals surface area contributed by atoms with Crippen molar-refractivity contribution in [3.05, 3.63) is 101 Å². The molecule has 29 heavy (non-hydrogen) atoms. The summed E-state index contributed by atoms with van der Waals surface area (Å²) in [5.41, 5.74) is 3.98. The summed E-state index contributed by atoms with van der Waals surface area (Å²) in [5, 5.41) is 9.60. The van der Waals surface area contributed by atoms with Gasteiger partial charge in [0.1, 0.15) is 5.52 Å². The number of aromatic nitrogens is 5. The monoisotopic (exact) mass is 381 g/mol. The molecule has 0 radical (unpaired) electrons. The summed E-state index contributed by atoms with van der Waals surface area (Å²) < 4.78 is 3.41. The van der Waals surface area contributed by atoms with Crippen LogP contribution in [-0.2, 0) is 6.54 Å². The number of nitrogens with zero attached hydrogens (tertiary/aromatic N) is 5. The second-order valence-corrected chi connectivity index (χ2v) is 7.10. The van der Waals surface area contributed by atoms with Crippen LogP contribution in [0.15, 0.2) is 83.9 Å². The number of benzene rings is 2. The Morgan fingerprint density at radius 3 is 2.66 bits per heavy atom. The van der Waals surface area contributed by atoms with Crippen LogP contribution in [0.25, 0.3) is 21.9 Å². The number of rotatable bonds is 4. The summed E-state index contributed by atoms with van der Waals surface area (Å²) >= 11 is 0. The summed E-state index contributed by atoms with van der Waals surface area (Å²) in [5.74, 6) is 0. The number of hydrogen-bond donors (Lipinski definition) is 0. The van der Waals surface area contributed by atoms with Gasteiger partial charge in [0.15, 0.2) is 5.52 Å². The van der Waals surface area contributed by atoms with Crippen molar-refractivity contribution in [3.8, 4) is 0 Å². The largest absolute Gasteiger partial charge is 0.309 e. The molecule has 0 aliphatic carbocycles. The number of fused-ring (bicyclic) bond motifs is 2. The van der Waals surface area contributed by atoms with Gasteiger partial charge in [-0.05, 0) is 24.6 Å². The Balaban J connectivity index is 1.63. The molecule has 0 aliphatic rings. The highest BCUT2D eigenvalue weighted by molar-refractivity contribution is 5.82. The first-order valence-electron chi connectivity index (χ1n) is 9.54. The lowest BCUT2D eigenvalue weighted by Crippen LogP contribution is -2.23. The minimum absolute atomic E-state index is 0.101. The SMILES string of the molecule is CC(c1cccc2cccnc12)n1nnc2ccn(Cc3ccccc3)c(=O)c21. The Kier molecular flexibility index (Phi) is 4.17. The molecule has 3 heterocycles. The molecular weight excluding hydrogens is 362 g/mol. The van der Waals surface area contributed by atoms with Crippen LogP contribution in [0, 0.1) is 0 Å². The lowest BCUT2D eigenvalue weighted by atomic mass is 10.0. The average molecular weight is 381 g/mol. The molecule has 5 aromatic rings. The van der Waals surface area contributed by atoms with Gasteiger partial charge in [0.2, 0.25) is 0 Å². The Bertz CT molecular complexity index is 1370. The van der Waals surface area contributed by atoms with E-state index >= 15 is 0 Å². The lowest BCUT2D eigenvalue weighted by Gasteiger charge is -2.15. The van der Waals surface area contributed by atoms with Gasteiger partial charge in [-0.3, -0.25) is 9.78 Å². The molecule has 0 spiro atoms. The van der Waals surface area contributed by atoms with Gasteiger partial charge in [-0.2, -0.15) is 0 Å². The Labute approximate surface area is 167 Å². The van der Waals surface area contributed by atoms with E-state index in [0.29, 0.717) is 17.6 Å². The van der Waals surface area contributed by atoms with E-state index < -0.39 is 0 Å². The lowest BCUT2D eigenvalue weighted by molar-refractivity contribution is 0.559. The molecule has 142 valence electrons. The predicted octanol–water partition coefficient (Wildman–Crippen LogP) is 3.80. The van der Waals surface area contributed by atoms with Crippen LogP contribution in [0.3, 0.4) is 0 Å². The third kappa shape index (κ3) is 2.99. The van der Waals surface area contributed by atoms with Crippen LogP contribution in [0.4, 0.5) is 0 Å². The topological polar surface area (TPSA) is 65.6 Å². The summed E-state index contributed by atoms with van der Waals surface area (Å²) in [4.78, 5) is 17.8. The second-order valence-electron chi connectivity index (χ2n) is 7.10. The van der Waals surface area contributed by atoms with Gasteiger partial charge in [0.05, 0.1) is 18.1 Å². The highest BCUT2D eigenvalue weighted by atomic mass is 16.1. The van der Waals surface area contributed by atoms with Crippen molar-refractivity contribution in [2.75, 3.05) is 0 Å². The maximum Gasteiger partial charge on any atom is 0.278 e. The van der Waals surface area contributed by atoms with E-state index in [1.165, 1.54) is 0 Å². The van der Waals surface area contributed by atoms with E-state index in [9.17, 15) is 4.79 Å². The maximum atomic E-state index is 13.3. The molecule has 0 fully saturated rings. The van der Waals surface area contributed by atoms with E-state index in [2.05, 4.69) is 15.3 Å².